The topological polar surface area (TPSA) is 70.2 Å². The van der Waals surface area contributed by atoms with Gasteiger partial charge in [-0.3, -0.25) is 9.59 Å². The smallest absolute Gasteiger partial charge is 0.311 e. The maximum atomic E-state index is 11.4. The molecule has 1 aromatic heterocycles. The van der Waals surface area contributed by atoms with Gasteiger partial charge in [-0.25, -0.2) is 0 Å². The van der Waals surface area contributed by atoms with E-state index in [1.54, 1.807) is 6.07 Å². The Morgan fingerprint density at radius 2 is 2.00 bits per heavy atom. The minimum absolute atomic E-state index is 0.346. The predicted octanol–water partition coefficient (Wildman–Crippen LogP) is 1.83. The molecule has 0 bridgehead atoms. The van der Waals surface area contributed by atoms with Crippen LogP contribution in [0.3, 0.4) is 0 Å². The Kier molecular flexibility index (Phi) is 2.25. The lowest BCUT2D eigenvalue weighted by molar-refractivity contribution is -0.135. The number of H-pyrrole nitrogens is 1. The Morgan fingerprint density at radius 1 is 1.27 bits per heavy atom. The van der Waals surface area contributed by atoms with Gasteiger partial charge >= 0.3 is 5.97 Å². The van der Waals surface area contributed by atoms with E-state index in [-0.39, 0.29) is 0 Å². The fourth-order valence-electron chi connectivity index (χ4n) is 1.46. The number of fused-ring (bicyclic) bond motifs is 1. The number of carboxylic acids is 1. The molecule has 15 heavy (non-hydrogen) atoms. The minimum atomic E-state index is -1.11. The highest BCUT2D eigenvalue weighted by Gasteiger charge is 2.12. The lowest BCUT2D eigenvalue weighted by Gasteiger charge is -1.91. The van der Waals surface area contributed by atoms with Crippen LogP contribution in [0.15, 0.2) is 30.3 Å². The van der Waals surface area contributed by atoms with Gasteiger partial charge in [-0.15, -0.1) is 0 Å². The summed E-state index contributed by atoms with van der Waals surface area (Å²) in [6, 6.07) is 9.09. The summed E-state index contributed by atoms with van der Waals surface area (Å²) in [5, 5.41) is 9.39. The first-order valence-electron chi connectivity index (χ1n) is 4.49. The molecule has 0 amide bonds. The van der Waals surface area contributed by atoms with Gasteiger partial charge in [-0.05, 0) is 12.1 Å². The van der Waals surface area contributed by atoms with E-state index in [0.29, 0.717) is 5.69 Å². The molecule has 0 aliphatic rings. The molecule has 0 aliphatic carbocycles. The zero-order chi connectivity index (χ0) is 10.8. The van der Waals surface area contributed by atoms with E-state index in [9.17, 15) is 9.59 Å². The molecular formula is C11H9NO3. The summed E-state index contributed by atoms with van der Waals surface area (Å²) in [6.07, 6.45) is -0.479. The molecule has 0 fully saturated rings. The molecule has 0 spiro atoms. The Balaban J connectivity index is 2.36. The average molecular weight is 203 g/mol. The number of aromatic nitrogens is 1. The fourth-order valence-corrected chi connectivity index (χ4v) is 1.46. The van der Waals surface area contributed by atoms with Crippen LogP contribution in [0.25, 0.3) is 10.9 Å². The molecule has 1 heterocycles. The molecule has 4 nitrogen and oxygen atoms in total. The SMILES string of the molecule is O=C(O)CC(=O)c1cc2ccccc2[nH]1. The zero-order valence-electron chi connectivity index (χ0n) is 7.86. The van der Waals surface area contributed by atoms with E-state index >= 15 is 0 Å². The number of aliphatic carboxylic acids is 1. The third-order valence-electron chi connectivity index (χ3n) is 2.14. The zero-order valence-corrected chi connectivity index (χ0v) is 7.86. The highest BCUT2D eigenvalue weighted by molar-refractivity contribution is 6.06. The maximum absolute atomic E-state index is 11.4. The van der Waals surface area contributed by atoms with Crippen molar-refractivity contribution in [2.24, 2.45) is 0 Å². The molecule has 76 valence electrons. The first kappa shape index (κ1) is 9.45. The van der Waals surface area contributed by atoms with Crippen molar-refractivity contribution >= 4 is 22.7 Å². The molecule has 0 atom stereocenters. The monoisotopic (exact) mass is 203 g/mol. The van der Waals surface area contributed by atoms with Gasteiger partial charge in [0.2, 0.25) is 0 Å². The molecule has 0 radical (unpaired) electrons. The third kappa shape index (κ3) is 1.88. The molecule has 4 heteroatoms. The third-order valence-corrected chi connectivity index (χ3v) is 2.14. The van der Waals surface area contributed by atoms with Crippen LogP contribution in [0.5, 0.6) is 0 Å². The number of hydrogen-bond acceptors (Lipinski definition) is 2. The largest absolute Gasteiger partial charge is 0.481 e. The van der Waals surface area contributed by atoms with Gasteiger partial charge in [0.25, 0.3) is 0 Å². The number of Topliss-reactive ketones (excluding diaryl/α,β-unsaturated/α-hetero) is 1. The molecule has 0 aliphatic heterocycles. The number of carboxylic acid groups (broad SMARTS) is 1. The van der Waals surface area contributed by atoms with Crippen molar-refractivity contribution in [3.8, 4) is 0 Å². The number of ketones is 1. The number of carbonyl (C=O) groups is 2. The van der Waals surface area contributed by atoms with Crippen LogP contribution < -0.4 is 0 Å². The number of hydrogen-bond donors (Lipinski definition) is 2. The van der Waals surface area contributed by atoms with Gasteiger partial charge < -0.3 is 10.1 Å². The summed E-state index contributed by atoms with van der Waals surface area (Å²) in [4.78, 5) is 24.7. The molecule has 1 aromatic carbocycles. The van der Waals surface area contributed by atoms with Crippen LogP contribution in [-0.2, 0) is 4.79 Å². The first-order valence-corrected chi connectivity index (χ1v) is 4.49. The summed E-state index contributed by atoms with van der Waals surface area (Å²) in [7, 11) is 0. The van der Waals surface area contributed by atoms with E-state index in [4.69, 9.17) is 5.11 Å². The lowest BCUT2D eigenvalue weighted by atomic mass is 10.2. The first-order chi connectivity index (χ1) is 7.16. The van der Waals surface area contributed by atoms with Crippen LogP contribution in [0.1, 0.15) is 16.9 Å². The molecule has 0 unspecified atom stereocenters. The van der Waals surface area contributed by atoms with Crippen molar-refractivity contribution in [1.29, 1.82) is 0 Å². The molecular weight excluding hydrogens is 194 g/mol. The Labute approximate surface area is 85.5 Å². The maximum Gasteiger partial charge on any atom is 0.311 e. The number of rotatable bonds is 3. The van der Waals surface area contributed by atoms with Crippen molar-refractivity contribution in [2.45, 2.75) is 6.42 Å². The highest BCUT2D eigenvalue weighted by Crippen LogP contribution is 2.15. The standard InChI is InChI=1S/C11H9NO3/c13-10(6-11(14)15)9-5-7-3-1-2-4-8(7)12-9/h1-5,12H,6H2,(H,14,15). The minimum Gasteiger partial charge on any atom is -0.481 e. The van der Waals surface area contributed by atoms with Crippen molar-refractivity contribution < 1.29 is 14.7 Å². The average Bonchev–Trinajstić information content (AvgIpc) is 2.59. The summed E-state index contributed by atoms with van der Waals surface area (Å²) in [6.45, 7) is 0. The van der Waals surface area contributed by atoms with Crippen molar-refractivity contribution in [2.75, 3.05) is 0 Å². The van der Waals surface area contributed by atoms with E-state index < -0.39 is 18.2 Å². The van der Waals surface area contributed by atoms with E-state index in [0.717, 1.165) is 10.9 Å². The molecule has 2 rings (SSSR count). The number of benzene rings is 1. The van der Waals surface area contributed by atoms with Crippen LogP contribution in [-0.4, -0.2) is 21.8 Å². The number of aromatic amines is 1. The van der Waals surface area contributed by atoms with E-state index in [1.807, 2.05) is 24.3 Å². The van der Waals surface area contributed by atoms with Crippen molar-refractivity contribution in [3.05, 3.63) is 36.0 Å². The molecule has 2 N–H and O–H groups in total. The Morgan fingerprint density at radius 3 is 2.67 bits per heavy atom. The lowest BCUT2D eigenvalue weighted by Crippen LogP contribution is -2.06. The fraction of sp³-hybridized carbons (Fsp3) is 0.0909. The van der Waals surface area contributed by atoms with Gasteiger partial charge in [-0.1, -0.05) is 18.2 Å². The second-order valence-corrected chi connectivity index (χ2v) is 3.26. The summed E-state index contributed by atoms with van der Waals surface area (Å²) in [5.74, 6) is -1.52. The van der Waals surface area contributed by atoms with Gasteiger partial charge in [-0.2, -0.15) is 0 Å². The van der Waals surface area contributed by atoms with Crippen molar-refractivity contribution in [1.82, 2.24) is 4.98 Å². The van der Waals surface area contributed by atoms with E-state index in [2.05, 4.69) is 4.98 Å². The second kappa shape index (κ2) is 3.57. The van der Waals surface area contributed by atoms with Gasteiger partial charge in [0.1, 0.15) is 6.42 Å². The quantitative estimate of drug-likeness (QED) is 0.590. The summed E-state index contributed by atoms with van der Waals surface area (Å²) in [5.41, 5.74) is 1.19. The molecule has 0 saturated heterocycles. The van der Waals surface area contributed by atoms with Crippen LogP contribution >= 0.6 is 0 Å². The van der Waals surface area contributed by atoms with Gasteiger partial charge in [0.15, 0.2) is 5.78 Å². The summed E-state index contributed by atoms with van der Waals surface area (Å²) >= 11 is 0. The molecule has 2 aromatic rings. The van der Waals surface area contributed by atoms with Crippen LogP contribution in [0.2, 0.25) is 0 Å². The molecule has 0 saturated carbocycles. The summed E-state index contributed by atoms with van der Waals surface area (Å²) < 4.78 is 0. The van der Waals surface area contributed by atoms with Crippen molar-refractivity contribution in [3.63, 3.8) is 0 Å². The normalized spacial score (nSPS) is 10.4. The second-order valence-electron chi connectivity index (χ2n) is 3.26. The van der Waals surface area contributed by atoms with Crippen LogP contribution in [0, 0.1) is 0 Å². The highest BCUT2D eigenvalue weighted by atomic mass is 16.4. The number of nitrogens with one attached hydrogen (secondary N) is 1. The Hall–Kier alpha value is -2.10. The number of carbonyl (C=O) groups excluding carboxylic acids is 1. The predicted molar refractivity (Wildman–Crippen MR) is 54.9 cm³/mol. The number of para-hydroxylation sites is 1. The van der Waals surface area contributed by atoms with Gasteiger partial charge in [0, 0.05) is 10.9 Å². The van der Waals surface area contributed by atoms with Crippen LogP contribution in [0.4, 0.5) is 0 Å². The van der Waals surface area contributed by atoms with E-state index in [1.165, 1.54) is 0 Å². The van der Waals surface area contributed by atoms with Gasteiger partial charge in [0.05, 0.1) is 5.69 Å². The Bertz CT molecular complexity index is 494.